The van der Waals surface area contributed by atoms with Gasteiger partial charge < -0.3 is 10.5 Å². The Kier molecular flexibility index (Phi) is 5.74. The number of methoxy groups -OCH3 is 1. The van der Waals surface area contributed by atoms with E-state index < -0.39 is 10.0 Å². The molecule has 0 aromatic heterocycles. The van der Waals surface area contributed by atoms with Crippen LogP contribution in [0.15, 0.2) is 29.2 Å². The zero-order valence-electron chi connectivity index (χ0n) is 10.8. The third-order valence-electron chi connectivity index (χ3n) is 2.69. The highest BCUT2D eigenvalue weighted by Gasteiger charge is 2.22. The largest absolute Gasteiger partial charge is 0.383 e. The molecule has 0 bridgehead atoms. The van der Waals surface area contributed by atoms with Gasteiger partial charge >= 0.3 is 0 Å². The van der Waals surface area contributed by atoms with E-state index in [2.05, 4.69) is 0 Å². The minimum atomic E-state index is -3.44. The minimum absolute atomic E-state index is 0.289. The Bertz CT molecular complexity index is 457. The molecular weight excluding hydrogens is 252 g/mol. The van der Waals surface area contributed by atoms with Gasteiger partial charge in [0.2, 0.25) is 10.0 Å². The van der Waals surface area contributed by atoms with Gasteiger partial charge in [-0.15, -0.1) is 0 Å². The molecule has 102 valence electrons. The van der Waals surface area contributed by atoms with Crippen molar-refractivity contribution >= 4 is 10.0 Å². The zero-order chi connectivity index (χ0) is 13.6. The van der Waals surface area contributed by atoms with E-state index >= 15 is 0 Å². The van der Waals surface area contributed by atoms with Crippen LogP contribution in [0.1, 0.15) is 12.5 Å². The second-order valence-electron chi connectivity index (χ2n) is 3.84. The van der Waals surface area contributed by atoms with Crippen LogP contribution in [0.5, 0.6) is 0 Å². The lowest BCUT2D eigenvalue weighted by Gasteiger charge is -2.20. The van der Waals surface area contributed by atoms with Gasteiger partial charge in [-0.3, -0.25) is 0 Å². The number of hydrogen-bond donors (Lipinski definition) is 1. The molecule has 5 nitrogen and oxygen atoms in total. The first-order valence-corrected chi connectivity index (χ1v) is 7.28. The summed E-state index contributed by atoms with van der Waals surface area (Å²) >= 11 is 0. The molecule has 0 heterocycles. The van der Waals surface area contributed by atoms with E-state index in [0.717, 1.165) is 5.56 Å². The predicted octanol–water partition coefficient (Wildman–Crippen LogP) is 0.802. The summed E-state index contributed by atoms with van der Waals surface area (Å²) in [6.45, 7) is 3.37. The van der Waals surface area contributed by atoms with Gasteiger partial charge in [0.1, 0.15) is 0 Å². The Balaban J connectivity index is 2.95. The molecule has 0 fully saturated rings. The monoisotopic (exact) mass is 272 g/mol. The van der Waals surface area contributed by atoms with Crippen molar-refractivity contribution < 1.29 is 13.2 Å². The smallest absolute Gasteiger partial charge is 0.243 e. The number of nitrogens with zero attached hydrogens (tertiary/aromatic N) is 1. The molecule has 0 aliphatic carbocycles. The van der Waals surface area contributed by atoms with Crippen LogP contribution in [0.4, 0.5) is 0 Å². The van der Waals surface area contributed by atoms with E-state index in [0.29, 0.717) is 26.2 Å². The molecule has 0 aliphatic heterocycles. The van der Waals surface area contributed by atoms with Gasteiger partial charge in [0.05, 0.1) is 11.5 Å². The molecule has 0 saturated carbocycles. The second-order valence-corrected chi connectivity index (χ2v) is 5.78. The Morgan fingerprint density at radius 3 is 2.33 bits per heavy atom. The van der Waals surface area contributed by atoms with Crippen molar-refractivity contribution in [1.29, 1.82) is 0 Å². The normalized spacial score (nSPS) is 12.0. The van der Waals surface area contributed by atoms with Gasteiger partial charge in [0.15, 0.2) is 0 Å². The molecule has 2 N–H and O–H groups in total. The topological polar surface area (TPSA) is 72.6 Å². The number of nitrogens with two attached hydrogens (primary N) is 1. The fourth-order valence-electron chi connectivity index (χ4n) is 1.59. The van der Waals surface area contributed by atoms with Crippen LogP contribution < -0.4 is 5.73 Å². The van der Waals surface area contributed by atoms with Crippen molar-refractivity contribution in [3.63, 3.8) is 0 Å². The van der Waals surface area contributed by atoms with Crippen molar-refractivity contribution in [2.75, 3.05) is 26.8 Å². The van der Waals surface area contributed by atoms with Gasteiger partial charge in [0, 0.05) is 26.7 Å². The van der Waals surface area contributed by atoms with Crippen LogP contribution in [0.2, 0.25) is 0 Å². The maximum atomic E-state index is 12.3. The third-order valence-corrected chi connectivity index (χ3v) is 4.68. The molecule has 0 atom stereocenters. The molecule has 0 saturated heterocycles. The van der Waals surface area contributed by atoms with Crippen LogP contribution in [-0.4, -0.2) is 39.5 Å². The second kappa shape index (κ2) is 6.84. The first-order chi connectivity index (χ1) is 8.56. The van der Waals surface area contributed by atoms with E-state index in [1.807, 2.05) is 6.92 Å². The molecule has 1 aromatic carbocycles. The highest BCUT2D eigenvalue weighted by atomic mass is 32.2. The molecule has 0 spiro atoms. The van der Waals surface area contributed by atoms with E-state index in [9.17, 15) is 8.42 Å². The van der Waals surface area contributed by atoms with E-state index in [-0.39, 0.29) is 4.90 Å². The molecule has 0 radical (unpaired) electrons. The maximum Gasteiger partial charge on any atom is 0.243 e. The number of likely N-dealkylation sites (N-methyl/N-ethyl adjacent to an activating group) is 1. The summed E-state index contributed by atoms with van der Waals surface area (Å²) in [5.41, 5.74) is 6.40. The molecule has 1 rings (SSSR count). The molecule has 0 aliphatic rings. The standard InChI is InChI=1S/C12H20N2O3S/c1-3-14(8-9-17-2)18(15,16)12-6-4-11(10-13)5-7-12/h4-7H,3,8-10,13H2,1-2H3. The number of sulfonamides is 1. The van der Waals surface area contributed by atoms with Crippen LogP contribution in [0.3, 0.4) is 0 Å². The van der Waals surface area contributed by atoms with Crippen molar-refractivity contribution in [2.24, 2.45) is 5.73 Å². The predicted molar refractivity (Wildman–Crippen MR) is 70.6 cm³/mol. The molecule has 6 heteroatoms. The Morgan fingerprint density at radius 1 is 1.28 bits per heavy atom. The fourth-order valence-corrected chi connectivity index (χ4v) is 3.02. The van der Waals surface area contributed by atoms with Crippen LogP contribution in [-0.2, 0) is 21.3 Å². The Hall–Kier alpha value is -0.950. The van der Waals surface area contributed by atoms with E-state index in [1.165, 1.54) is 4.31 Å². The van der Waals surface area contributed by atoms with Gasteiger partial charge in [-0.25, -0.2) is 8.42 Å². The molecule has 0 unspecified atom stereocenters. The lowest BCUT2D eigenvalue weighted by Crippen LogP contribution is -2.33. The Labute approximate surface area is 109 Å². The molecular formula is C12H20N2O3S. The highest BCUT2D eigenvalue weighted by molar-refractivity contribution is 7.89. The quantitative estimate of drug-likeness (QED) is 0.797. The number of rotatable bonds is 7. The SMILES string of the molecule is CCN(CCOC)S(=O)(=O)c1ccc(CN)cc1. The average molecular weight is 272 g/mol. The molecule has 1 aromatic rings. The zero-order valence-corrected chi connectivity index (χ0v) is 11.6. The lowest BCUT2D eigenvalue weighted by atomic mass is 10.2. The summed E-state index contributed by atoms with van der Waals surface area (Å²) in [5.74, 6) is 0. The summed E-state index contributed by atoms with van der Waals surface area (Å²) in [6.07, 6.45) is 0. The van der Waals surface area contributed by atoms with Crippen molar-refractivity contribution in [3.8, 4) is 0 Å². The lowest BCUT2D eigenvalue weighted by molar-refractivity contribution is 0.180. The highest BCUT2D eigenvalue weighted by Crippen LogP contribution is 2.16. The van der Waals surface area contributed by atoms with E-state index in [4.69, 9.17) is 10.5 Å². The average Bonchev–Trinajstić information content (AvgIpc) is 2.39. The van der Waals surface area contributed by atoms with Crippen LogP contribution >= 0.6 is 0 Å². The number of ether oxygens (including phenoxy) is 1. The third kappa shape index (κ3) is 3.52. The van der Waals surface area contributed by atoms with Crippen molar-refractivity contribution in [2.45, 2.75) is 18.4 Å². The summed E-state index contributed by atoms with van der Waals surface area (Å²) in [4.78, 5) is 0.289. The first-order valence-electron chi connectivity index (χ1n) is 5.84. The summed E-state index contributed by atoms with van der Waals surface area (Å²) in [6, 6.07) is 6.65. The summed E-state index contributed by atoms with van der Waals surface area (Å²) < 4.78 is 30.9. The Morgan fingerprint density at radius 2 is 1.89 bits per heavy atom. The number of hydrogen-bond acceptors (Lipinski definition) is 4. The maximum absolute atomic E-state index is 12.3. The first kappa shape index (κ1) is 15.1. The van der Waals surface area contributed by atoms with Crippen molar-refractivity contribution in [1.82, 2.24) is 4.31 Å². The minimum Gasteiger partial charge on any atom is -0.383 e. The fraction of sp³-hybridized carbons (Fsp3) is 0.500. The summed E-state index contributed by atoms with van der Waals surface area (Å²) in [7, 11) is -1.88. The van der Waals surface area contributed by atoms with Gasteiger partial charge in [0.25, 0.3) is 0 Å². The van der Waals surface area contributed by atoms with E-state index in [1.54, 1.807) is 31.4 Å². The van der Waals surface area contributed by atoms with Crippen LogP contribution in [0.25, 0.3) is 0 Å². The summed E-state index contributed by atoms with van der Waals surface area (Å²) in [5, 5.41) is 0. The molecule has 18 heavy (non-hydrogen) atoms. The number of benzene rings is 1. The van der Waals surface area contributed by atoms with Gasteiger partial charge in [-0.05, 0) is 17.7 Å². The van der Waals surface area contributed by atoms with Crippen LogP contribution in [0, 0.1) is 0 Å². The van der Waals surface area contributed by atoms with Gasteiger partial charge in [-0.1, -0.05) is 19.1 Å². The van der Waals surface area contributed by atoms with Gasteiger partial charge in [-0.2, -0.15) is 4.31 Å². The molecule has 0 amide bonds. The van der Waals surface area contributed by atoms with Crippen molar-refractivity contribution in [3.05, 3.63) is 29.8 Å².